The van der Waals surface area contributed by atoms with Gasteiger partial charge >= 0.3 is 18.4 Å². The first kappa shape index (κ1) is 22.7. The lowest BCUT2D eigenvalue weighted by atomic mass is 10.0. The van der Waals surface area contributed by atoms with Crippen LogP contribution in [0.3, 0.4) is 0 Å². The number of anilines is 1. The van der Waals surface area contributed by atoms with Crippen molar-refractivity contribution in [3.05, 3.63) is 57.6 Å². The van der Waals surface area contributed by atoms with Crippen molar-refractivity contribution < 1.29 is 44.7 Å². The Bertz CT molecular complexity index is 956. The fraction of sp³-hybridized carbons (Fsp3) is 0.235. The molecular weight excluding hydrogens is 438 g/mol. The lowest BCUT2D eigenvalue weighted by Gasteiger charge is -2.22. The van der Waals surface area contributed by atoms with Crippen molar-refractivity contribution in [3.63, 3.8) is 0 Å². The monoisotopic (exact) mass is 447 g/mol. The summed E-state index contributed by atoms with van der Waals surface area (Å²) >= 11 is 5.58. The van der Waals surface area contributed by atoms with Crippen molar-refractivity contribution in [1.29, 1.82) is 0 Å². The highest BCUT2D eigenvalue weighted by Gasteiger charge is 2.40. The van der Waals surface area contributed by atoms with Crippen molar-refractivity contribution in [2.24, 2.45) is 0 Å². The highest BCUT2D eigenvalue weighted by molar-refractivity contribution is 6.33. The van der Waals surface area contributed by atoms with Crippen molar-refractivity contribution in [2.75, 3.05) is 11.9 Å². The first-order valence-corrected chi connectivity index (χ1v) is 7.90. The topological polar surface area (TPSA) is 29.5 Å². The van der Waals surface area contributed by atoms with Crippen LogP contribution in [0.5, 0.6) is 5.75 Å². The first-order chi connectivity index (χ1) is 13.1. The van der Waals surface area contributed by atoms with E-state index in [1.165, 1.54) is 0 Å². The Hall–Kier alpha value is -2.56. The summed E-state index contributed by atoms with van der Waals surface area (Å²) in [5.41, 5.74) is -4.47. The Morgan fingerprint density at radius 3 is 2.14 bits per heavy atom. The molecule has 0 bridgehead atoms. The standard InChI is InChI=1S/C17H10ClF8NO2/c1-7-5-8(16(21,22)23)6-9(17(24,25)26)14(7)29-15(28)27(2)11-4-3-10(19)13(20)12(11)18/h3-6H,1-2H3. The van der Waals surface area contributed by atoms with Gasteiger partial charge in [-0.2, -0.15) is 26.3 Å². The molecule has 0 N–H and O–H groups in total. The Labute approximate surface area is 163 Å². The Balaban J connectivity index is 2.48. The Morgan fingerprint density at radius 1 is 1.03 bits per heavy atom. The zero-order valence-electron chi connectivity index (χ0n) is 14.5. The number of benzene rings is 2. The van der Waals surface area contributed by atoms with Crippen LogP contribution in [-0.2, 0) is 12.4 Å². The van der Waals surface area contributed by atoms with Crippen molar-refractivity contribution in [2.45, 2.75) is 19.3 Å². The van der Waals surface area contributed by atoms with E-state index in [4.69, 9.17) is 11.6 Å². The van der Waals surface area contributed by atoms with E-state index < -0.39 is 63.2 Å². The third-order valence-corrected chi connectivity index (χ3v) is 4.11. The molecule has 3 nitrogen and oxygen atoms in total. The number of aryl methyl sites for hydroxylation is 1. The highest BCUT2D eigenvalue weighted by atomic mass is 35.5. The molecule has 2 aromatic rings. The predicted octanol–water partition coefficient (Wildman–Crippen LogP) is 6.60. The van der Waals surface area contributed by atoms with E-state index >= 15 is 0 Å². The zero-order valence-corrected chi connectivity index (χ0v) is 15.2. The summed E-state index contributed by atoms with van der Waals surface area (Å²) in [4.78, 5) is 12.7. The zero-order chi connectivity index (χ0) is 22.3. The largest absolute Gasteiger partial charge is 0.420 e. The lowest BCUT2D eigenvalue weighted by molar-refractivity contribution is -0.143. The second-order valence-corrected chi connectivity index (χ2v) is 6.16. The lowest BCUT2D eigenvalue weighted by Crippen LogP contribution is -2.31. The second kappa shape index (κ2) is 7.69. The van der Waals surface area contributed by atoms with Crippen LogP contribution < -0.4 is 9.64 Å². The minimum absolute atomic E-state index is 0.194. The first-order valence-electron chi connectivity index (χ1n) is 7.52. The van der Waals surface area contributed by atoms with Crippen LogP contribution >= 0.6 is 11.6 Å². The molecule has 0 radical (unpaired) electrons. The SMILES string of the molecule is Cc1cc(C(F)(F)F)cc(C(F)(F)F)c1OC(=O)N(C)c1ccc(F)c(F)c1Cl. The number of rotatable bonds is 2. The number of alkyl halides is 6. The van der Waals surface area contributed by atoms with Gasteiger partial charge in [-0.3, -0.25) is 4.90 Å². The number of hydrogen-bond acceptors (Lipinski definition) is 2. The number of halogens is 9. The van der Waals surface area contributed by atoms with Gasteiger partial charge in [0.25, 0.3) is 0 Å². The van der Waals surface area contributed by atoms with Crippen molar-refractivity contribution in [3.8, 4) is 5.75 Å². The Morgan fingerprint density at radius 2 is 1.62 bits per heavy atom. The van der Waals surface area contributed by atoms with Gasteiger partial charge in [0.2, 0.25) is 0 Å². The summed E-state index contributed by atoms with van der Waals surface area (Å²) < 4.78 is 110. The minimum atomic E-state index is -5.28. The molecule has 158 valence electrons. The smallest absolute Gasteiger partial charge is 0.409 e. The van der Waals surface area contributed by atoms with Crippen LogP contribution in [0, 0.1) is 18.6 Å². The van der Waals surface area contributed by atoms with Crippen molar-refractivity contribution in [1.82, 2.24) is 0 Å². The fourth-order valence-corrected chi connectivity index (χ4v) is 2.59. The summed E-state index contributed by atoms with van der Waals surface area (Å²) in [6, 6.07) is 1.67. The van der Waals surface area contributed by atoms with Gasteiger partial charge in [-0.05, 0) is 36.8 Å². The summed E-state index contributed by atoms with van der Waals surface area (Å²) in [5.74, 6) is -4.01. The van der Waals surface area contributed by atoms with Gasteiger partial charge in [0.1, 0.15) is 10.8 Å². The second-order valence-electron chi connectivity index (χ2n) is 5.79. The molecule has 1 amide bonds. The molecule has 0 fully saturated rings. The van der Waals surface area contributed by atoms with E-state index in [-0.39, 0.29) is 6.07 Å². The van der Waals surface area contributed by atoms with E-state index in [1.54, 1.807) is 0 Å². The molecule has 0 aliphatic carbocycles. The molecule has 0 saturated heterocycles. The quantitative estimate of drug-likeness (QED) is 0.383. The summed E-state index contributed by atoms with van der Waals surface area (Å²) in [6.07, 6.45) is -11.9. The molecule has 0 aliphatic heterocycles. The summed E-state index contributed by atoms with van der Waals surface area (Å²) in [5, 5.41) is -0.843. The van der Waals surface area contributed by atoms with E-state index in [9.17, 15) is 39.9 Å². The highest BCUT2D eigenvalue weighted by Crippen LogP contribution is 2.42. The molecule has 12 heteroatoms. The van der Waals surface area contributed by atoms with Crippen LogP contribution in [-0.4, -0.2) is 13.1 Å². The third-order valence-electron chi connectivity index (χ3n) is 3.75. The van der Waals surface area contributed by atoms with Gasteiger partial charge in [-0.25, -0.2) is 13.6 Å². The van der Waals surface area contributed by atoms with Crippen LogP contribution in [0.15, 0.2) is 24.3 Å². The van der Waals surface area contributed by atoms with E-state index in [0.29, 0.717) is 17.0 Å². The number of nitrogens with zero attached hydrogens (tertiary/aromatic N) is 1. The van der Waals surface area contributed by atoms with Gasteiger partial charge < -0.3 is 4.74 Å². The predicted molar refractivity (Wildman–Crippen MR) is 87.0 cm³/mol. The summed E-state index contributed by atoms with van der Waals surface area (Å²) in [7, 11) is 0.938. The minimum Gasteiger partial charge on any atom is -0.409 e. The molecule has 0 heterocycles. The van der Waals surface area contributed by atoms with Crippen LogP contribution in [0.4, 0.5) is 45.6 Å². The maximum atomic E-state index is 13.5. The maximum absolute atomic E-state index is 13.5. The molecule has 0 unspecified atom stereocenters. The van der Waals surface area contributed by atoms with Crippen LogP contribution in [0.25, 0.3) is 0 Å². The van der Waals surface area contributed by atoms with Gasteiger partial charge in [0.05, 0.1) is 16.8 Å². The molecule has 0 aliphatic rings. The number of amides is 1. The van der Waals surface area contributed by atoms with Gasteiger partial charge in [-0.15, -0.1) is 0 Å². The normalized spacial score (nSPS) is 12.1. The number of carbonyl (C=O) groups is 1. The van der Waals surface area contributed by atoms with E-state index in [0.717, 1.165) is 20.0 Å². The third kappa shape index (κ3) is 4.72. The molecule has 0 saturated carbocycles. The molecule has 2 aromatic carbocycles. The average molecular weight is 448 g/mol. The van der Waals surface area contributed by atoms with E-state index in [1.807, 2.05) is 0 Å². The fourth-order valence-electron chi connectivity index (χ4n) is 2.31. The molecular formula is C17H10ClF8NO2. The van der Waals surface area contributed by atoms with Gasteiger partial charge in [0.15, 0.2) is 11.6 Å². The maximum Gasteiger partial charge on any atom is 0.420 e. The summed E-state index contributed by atoms with van der Waals surface area (Å²) in [6.45, 7) is 0.887. The number of hydrogen-bond donors (Lipinski definition) is 0. The molecule has 29 heavy (non-hydrogen) atoms. The van der Waals surface area contributed by atoms with E-state index in [2.05, 4.69) is 4.74 Å². The van der Waals surface area contributed by atoms with Gasteiger partial charge in [-0.1, -0.05) is 11.6 Å². The number of carbonyl (C=O) groups excluding carboxylic acids is 1. The molecule has 0 atom stereocenters. The molecule has 2 rings (SSSR count). The van der Waals surface area contributed by atoms with Crippen LogP contribution in [0.1, 0.15) is 16.7 Å². The molecule has 0 spiro atoms. The Kier molecular flexibility index (Phi) is 6.03. The van der Waals surface area contributed by atoms with Crippen LogP contribution in [0.2, 0.25) is 5.02 Å². The number of ether oxygens (including phenoxy) is 1. The average Bonchev–Trinajstić information content (AvgIpc) is 2.58. The van der Waals surface area contributed by atoms with Crippen molar-refractivity contribution >= 4 is 23.4 Å². The van der Waals surface area contributed by atoms with Gasteiger partial charge in [0, 0.05) is 7.05 Å². The molecule has 0 aromatic heterocycles.